The van der Waals surface area contributed by atoms with Crippen molar-refractivity contribution in [3.8, 4) is 0 Å². The van der Waals surface area contributed by atoms with Gasteiger partial charge in [0.2, 0.25) is 0 Å². The van der Waals surface area contributed by atoms with E-state index in [9.17, 15) is 8.78 Å². The smallest absolute Gasteiger partial charge is 0.182 e. The lowest BCUT2D eigenvalue weighted by Gasteiger charge is -2.38. The van der Waals surface area contributed by atoms with Crippen LogP contribution < -0.4 is 4.90 Å². The summed E-state index contributed by atoms with van der Waals surface area (Å²) in [5.74, 6) is -0.210. The van der Waals surface area contributed by atoms with Crippen molar-refractivity contribution in [3.05, 3.63) is 48.1 Å². The number of anilines is 1. The van der Waals surface area contributed by atoms with Gasteiger partial charge in [0.05, 0.1) is 6.33 Å². The number of piperazine rings is 1. The highest BCUT2D eigenvalue weighted by molar-refractivity contribution is 5.82. The molecule has 1 aliphatic rings. The van der Waals surface area contributed by atoms with Crippen LogP contribution in [0, 0.1) is 11.6 Å². The topological polar surface area (TPSA) is 60.9 Å². The Kier molecular flexibility index (Phi) is 4.04. The van der Waals surface area contributed by atoms with E-state index in [1.165, 1.54) is 18.5 Å². The van der Waals surface area contributed by atoms with E-state index in [-0.39, 0.29) is 6.04 Å². The molecular weight excluding hydrogens is 326 g/mol. The van der Waals surface area contributed by atoms with Gasteiger partial charge in [-0.05, 0) is 13.0 Å². The number of hydrogen-bond acceptors (Lipinski definition) is 5. The molecule has 0 radical (unpaired) electrons. The van der Waals surface area contributed by atoms with Crippen molar-refractivity contribution in [2.75, 3.05) is 31.1 Å². The van der Waals surface area contributed by atoms with Crippen LogP contribution >= 0.6 is 0 Å². The Morgan fingerprint density at radius 2 is 1.88 bits per heavy atom. The molecule has 25 heavy (non-hydrogen) atoms. The monoisotopic (exact) mass is 344 g/mol. The molecule has 4 rings (SSSR count). The van der Waals surface area contributed by atoms with Crippen molar-refractivity contribution in [2.45, 2.75) is 13.0 Å². The summed E-state index contributed by atoms with van der Waals surface area (Å²) in [6.45, 7) is 5.00. The van der Waals surface area contributed by atoms with Crippen molar-refractivity contribution in [2.24, 2.45) is 0 Å². The quantitative estimate of drug-likeness (QED) is 0.791. The molecule has 1 aliphatic heterocycles. The molecule has 1 atom stereocenters. The fourth-order valence-electron chi connectivity index (χ4n) is 3.35. The van der Waals surface area contributed by atoms with E-state index < -0.39 is 11.6 Å². The molecule has 0 spiro atoms. The summed E-state index contributed by atoms with van der Waals surface area (Å²) >= 11 is 0. The number of fused-ring (bicyclic) bond motifs is 1. The van der Waals surface area contributed by atoms with Gasteiger partial charge in [-0.3, -0.25) is 4.90 Å². The maximum atomic E-state index is 14.0. The van der Waals surface area contributed by atoms with Crippen molar-refractivity contribution in [1.82, 2.24) is 24.8 Å². The first-order valence-corrected chi connectivity index (χ1v) is 8.21. The molecule has 0 saturated carbocycles. The number of halogens is 2. The van der Waals surface area contributed by atoms with E-state index in [4.69, 9.17) is 0 Å². The van der Waals surface area contributed by atoms with Crippen LogP contribution in [-0.4, -0.2) is 51.0 Å². The molecule has 0 amide bonds. The first-order chi connectivity index (χ1) is 12.1. The lowest BCUT2D eigenvalue weighted by Crippen LogP contribution is -2.47. The average Bonchev–Trinajstić information content (AvgIpc) is 3.10. The van der Waals surface area contributed by atoms with Gasteiger partial charge in [-0.1, -0.05) is 6.07 Å². The van der Waals surface area contributed by atoms with E-state index in [1.54, 1.807) is 6.33 Å². The molecule has 130 valence electrons. The summed E-state index contributed by atoms with van der Waals surface area (Å²) in [5, 5.41) is 0. The van der Waals surface area contributed by atoms with E-state index in [0.717, 1.165) is 43.6 Å². The summed E-state index contributed by atoms with van der Waals surface area (Å²) in [4.78, 5) is 20.1. The lowest BCUT2D eigenvalue weighted by molar-refractivity contribution is 0.194. The van der Waals surface area contributed by atoms with Crippen molar-refractivity contribution < 1.29 is 8.78 Å². The first-order valence-electron chi connectivity index (χ1n) is 8.21. The van der Waals surface area contributed by atoms with Gasteiger partial charge in [-0.15, -0.1) is 0 Å². The minimum atomic E-state index is -0.550. The summed E-state index contributed by atoms with van der Waals surface area (Å²) in [6, 6.07) is 3.67. The normalized spacial score (nSPS) is 17.2. The Bertz CT molecular complexity index is 888. The zero-order chi connectivity index (χ0) is 17.4. The average molecular weight is 344 g/mol. The zero-order valence-corrected chi connectivity index (χ0v) is 13.8. The Morgan fingerprint density at radius 3 is 2.64 bits per heavy atom. The van der Waals surface area contributed by atoms with Crippen LogP contribution in [0.1, 0.15) is 18.5 Å². The van der Waals surface area contributed by atoms with Gasteiger partial charge in [0.25, 0.3) is 0 Å². The minimum Gasteiger partial charge on any atom is -0.352 e. The maximum Gasteiger partial charge on any atom is 0.182 e. The van der Waals surface area contributed by atoms with Gasteiger partial charge in [0, 0.05) is 43.9 Å². The molecule has 1 saturated heterocycles. The number of aromatic amines is 1. The molecule has 1 N–H and O–H groups in total. The number of nitrogens with one attached hydrogen (secondary N) is 1. The highest BCUT2D eigenvalue weighted by Crippen LogP contribution is 2.27. The molecular formula is C17H18F2N6. The number of H-pyrrole nitrogens is 1. The van der Waals surface area contributed by atoms with Crippen LogP contribution in [0.5, 0.6) is 0 Å². The van der Waals surface area contributed by atoms with Gasteiger partial charge in [0.1, 0.15) is 23.5 Å². The van der Waals surface area contributed by atoms with Gasteiger partial charge in [-0.25, -0.2) is 23.7 Å². The molecule has 0 bridgehead atoms. The minimum absolute atomic E-state index is 0.111. The zero-order valence-electron chi connectivity index (χ0n) is 13.8. The number of aromatic nitrogens is 4. The second-order valence-corrected chi connectivity index (χ2v) is 6.16. The van der Waals surface area contributed by atoms with Crippen molar-refractivity contribution >= 4 is 17.0 Å². The number of imidazole rings is 1. The Balaban J connectivity index is 1.48. The summed E-state index contributed by atoms with van der Waals surface area (Å²) in [7, 11) is 0. The van der Waals surface area contributed by atoms with E-state index in [2.05, 4.69) is 29.7 Å². The number of hydrogen-bond donors (Lipinski definition) is 1. The largest absolute Gasteiger partial charge is 0.352 e. The second kappa shape index (κ2) is 6.36. The fraction of sp³-hybridized carbons (Fsp3) is 0.353. The van der Waals surface area contributed by atoms with Crippen LogP contribution in [0.3, 0.4) is 0 Å². The predicted molar refractivity (Wildman–Crippen MR) is 90.2 cm³/mol. The third-order valence-electron chi connectivity index (χ3n) is 4.78. The van der Waals surface area contributed by atoms with E-state index >= 15 is 0 Å². The SMILES string of the molecule is CC(c1ccc(F)cc1F)N1CCN(c2ncnc3nc[nH]c23)CC1. The lowest BCUT2D eigenvalue weighted by atomic mass is 10.1. The van der Waals surface area contributed by atoms with Crippen LogP contribution in [0.4, 0.5) is 14.6 Å². The number of rotatable bonds is 3. The third-order valence-corrected chi connectivity index (χ3v) is 4.78. The van der Waals surface area contributed by atoms with E-state index in [1.807, 2.05) is 6.92 Å². The van der Waals surface area contributed by atoms with Gasteiger partial charge < -0.3 is 9.88 Å². The Hall–Kier alpha value is -2.61. The van der Waals surface area contributed by atoms with Crippen LogP contribution in [0.2, 0.25) is 0 Å². The summed E-state index contributed by atoms with van der Waals surface area (Å²) in [5.41, 5.74) is 2.00. The summed E-state index contributed by atoms with van der Waals surface area (Å²) < 4.78 is 27.1. The molecule has 6 nitrogen and oxygen atoms in total. The van der Waals surface area contributed by atoms with Crippen LogP contribution in [0.25, 0.3) is 11.2 Å². The number of nitrogens with zero attached hydrogens (tertiary/aromatic N) is 5. The standard InChI is InChI=1S/C17H18F2N6/c1-11(13-3-2-12(18)8-14(13)19)24-4-6-25(7-5-24)17-15-16(21-9-20-15)22-10-23-17/h2-3,8-11H,4-7H2,1H3,(H,20,21,22,23). The third kappa shape index (κ3) is 2.93. The molecule has 0 aliphatic carbocycles. The maximum absolute atomic E-state index is 14.0. The second-order valence-electron chi connectivity index (χ2n) is 6.16. The highest BCUT2D eigenvalue weighted by Gasteiger charge is 2.25. The fourth-order valence-corrected chi connectivity index (χ4v) is 3.35. The van der Waals surface area contributed by atoms with Gasteiger partial charge in [0.15, 0.2) is 11.5 Å². The van der Waals surface area contributed by atoms with Crippen molar-refractivity contribution in [3.63, 3.8) is 0 Å². The molecule has 2 aromatic heterocycles. The Morgan fingerprint density at radius 1 is 1.08 bits per heavy atom. The molecule has 1 unspecified atom stereocenters. The molecule has 3 heterocycles. The predicted octanol–water partition coefficient (Wildman–Crippen LogP) is 2.51. The van der Waals surface area contributed by atoms with Crippen molar-refractivity contribution in [1.29, 1.82) is 0 Å². The molecule has 1 fully saturated rings. The van der Waals surface area contributed by atoms with E-state index in [0.29, 0.717) is 11.2 Å². The van der Waals surface area contributed by atoms with Crippen LogP contribution in [0.15, 0.2) is 30.9 Å². The van der Waals surface area contributed by atoms with Gasteiger partial charge >= 0.3 is 0 Å². The van der Waals surface area contributed by atoms with Gasteiger partial charge in [-0.2, -0.15) is 0 Å². The first kappa shape index (κ1) is 15.9. The van der Waals surface area contributed by atoms with Crippen LogP contribution in [-0.2, 0) is 0 Å². The number of benzene rings is 1. The molecule has 8 heteroatoms. The molecule has 1 aromatic carbocycles. The molecule has 3 aromatic rings. The Labute approximate surface area is 143 Å². The summed E-state index contributed by atoms with van der Waals surface area (Å²) in [6.07, 6.45) is 3.12. The highest BCUT2D eigenvalue weighted by atomic mass is 19.1.